The molecule has 1 aliphatic heterocycles. The molecule has 2 aromatic rings. The van der Waals surface area contributed by atoms with Crippen molar-refractivity contribution in [1.82, 2.24) is 10.3 Å². The van der Waals surface area contributed by atoms with Crippen molar-refractivity contribution in [1.29, 1.82) is 0 Å². The lowest BCUT2D eigenvalue weighted by molar-refractivity contribution is -0.126. The maximum Gasteiger partial charge on any atom is 0.243 e. The Kier molecular flexibility index (Phi) is 6.04. The van der Waals surface area contributed by atoms with Crippen LogP contribution in [0.1, 0.15) is 29.9 Å². The number of carbonyl (C=O) groups excluding carboxylic acids is 1. The number of hydrazone groups is 1. The zero-order valence-electron chi connectivity index (χ0n) is 14.2. The molecule has 132 valence electrons. The van der Waals surface area contributed by atoms with E-state index in [4.69, 9.17) is 4.42 Å². The fraction of sp³-hybridized carbons (Fsp3) is 0.368. The molecular weight excluding hydrogens is 382 g/mol. The van der Waals surface area contributed by atoms with Crippen LogP contribution in [0, 0.1) is 12.8 Å². The van der Waals surface area contributed by atoms with Gasteiger partial charge < -0.3 is 4.42 Å². The van der Waals surface area contributed by atoms with E-state index in [2.05, 4.69) is 55.6 Å². The summed E-state index contributed by atoms with van der Waals surface area (Å²) in [6.07, 6.45) is 3.25. The predicted octanol–water partition coefficient (Wildman–Crippen LogP) is 3.71. The molecule has 0 radical (unpaired) electrons. The summed E-state index contributed by atoms with van der Waals surface area (Å²) in [5.74, 6) is 1.48. The fourth-order valence-corrected chi connectivity index (χ4v) is 3.24. The molecule has 0 unspecified atom stereocenters. The lowest BCUT2D eigenvalue weighted by Gasteiger charge is -2.30. The number of amides is 1. The molecule has 0 saturated carbocycles. The highest BCUT2D eigenvalue weighted by Crippen LogP contribution is 2.20. The van der Waals surface area contributed by atoms with Crippen LogP contribution in [0.3, 0.4) is 0 Å². The number of nitrogens with one attached hydrogen (secondary N) is 1. The quantitative estimate of drug-likeness (QED) is 0.611. The number of hydrogen-bond donors (Lipinski definition) is 1. The monoisotopic (exact) mass is 403 g/mol. The van der Waals surface area contributed by atoms with Crippen LogP contribution >= 0.6 is 15.9 Å². The zero-order valence-corrected chi connectivity index (χ0v) is 15.8. The van der Waals surface area contributed by atoms with E-state index in [1.54, 1.807) is 0 Å². The molecule has 6 heteroatoms. The Hall–Kier alpha value is -1.92. The third kappa shape index (κ3) is 5.28. The van der Waals surface area contributed by atoms with Crippen molar-refractivity contribution in [2.45, 2.75) is 26.3 Å². The summed E-state index contributed by atoms with van der Waals surface area (Å²) in [4.78, 5) is 14.6. The van der Waals surface area contributed by atoms with Gasteiger partial charge in [-0.1, -0.05) is 28.1 Å². The number of nitrogens with zero attached hydrogens (tertiary/aromatic N) is 2. The number of furan rings is 1. The van der Waals surface area contributed by atoms with Gasteiger partial charge in [-0.05, 0) is 62.7 Å². The summed E-state index contributed by atoms with van der Waals surface area (Å²) in [7, 11) is 0. The van der Waals surface area contributed by atoms with E-state index in [9.17, 15) is 4.79 Å². The first-order chi connectivity index (χ1) is 12.1. The second-order valence-electron chi connectivity index (χ2n) is 6.36. The Labute approximate surface area is 156 Å². The highest BCUT2D eigenvalue weighted by Gasteiger charge is 2.24. The van der Waals surface area contributed by atoms with E-state index in [-0.39, 0.29) is 11.8 Å². The molecule has 2 heterocycles. The van der Waals surface area contributed by atoms with Crippen molar-refractivity contribution in [3.8, 4) is 0 Å². The molecule has 1 aromatic heterocycles. The van der Waals surface area contributed by atoms with E-state index in [0.29, 0.717) is 5.76 Å². The minimum atomic E-state index is -0.0113. The standard InChI is InChI=1S/C19H22BrN3O2/c1-14-2-7-18(25-14)12-21-22-19(24)16-8-10-23(11-9-16)13-15-3-5-17(20)6-4-15/h2-7,12,16H,8-11,13H2,1H3,(H,22,24). The summed E-state index contributed by atoms with van der Waals surface area (Å²) in [5.41, 5.74) is 3.92. The third-order valence-electron chi connectivity index (χ3n) is 4.41. The van der Waals surface area contributed by atoms with Crippen molar-refractivity contribution in [3.05, 3.63) is 58.0 Å². The van der Waals surface area contributed by atoms with E-state index in [0.717, 1.165) is 42.7 Å². The highest BCUT2D eigenvalue weighted by atomic mass is 79.9. The zero-order chi connectivity index (χ0) is 17.6. The first-order valence-electron chi connectivity index (χ1n) is 8.46. The lowest BCUT2D eigenvalue weighted by Crippen LogP contribution is -2.39. The highest BCUT2D eigenvalue weighted by molar-refractivity contribution is 9.10. The van der Waals surface area contributed by atoms with E-state index in [1.807, 2.05) is 19.1 Å². The summed E-state index contributed by atoms with van der Waals surface area (Å²) >= 11 is 3.46. The molecule has 0 spiro atoms. The van der Waals surface area contributed by atoms with Gasteiger partial charge in [-0.2, -0.15) is 5.10 Å². The minimum absolute atomic E-state index is 0.0113. The van der Waals surface area contributed by atoms with E-state index >= 15 is 0 Å². The van der Waals surface area contributed by atoms with E-state index < -0.39 is 0 Å². The van der Waals surface area contributed by atoms with Crippen LogP contribution in [-0.4, -0.2) is 30.1 Å². The second-order valence-corrected chi connectivity index (χ2v) is 7.28. The van der Waals surface area contributed by atoms with Crippen molar-refractivity contribution in [3.63, 3.8) is 0 Å². The smallest absolute Gasteiger partial charge is 0.243 e. The van der Waals surface area contributed by atoms with Crippen LogP contribution < -0.4 is 5.43 Å². The number of rotatable bonds is 5. The number of likely N-dealkylation sites (tertiary alicyclic amines) is 1. The summed E-state index contributed by atoms with van der Waals surface area (Å²) in [5, 5.41) is 3.99. The average Bonchev–Trinajstić information content (AvgIpc) is 3.03. The Bertz CT molecular complexity index is 731. The Morgan fingerprint density at radius 2 is 2.00 bits per heavy atom. The molecule has 1 amide bonds. The summed E-state index contributed by atoms with van der Waals surface area (Å²) in [6.45, 7) is 4.65. The number of hydrogen-bond acceptors (Lipinski definition) is 4. The Balaban J connectivity index is 1.42. The van der Waals surface area contributed by atoms with Gasteiger partial charge in [0, 0.05) is 16.9 Å². The normalized spacial score (nSPS) is 16.4. The molecule has 1 aliphatic rings. The van der Waals surface area contributed by atoms with Gasteiger partial charge in [0.1, 0.15) is 11.5 Å². The van der Waals surface area contributed by atoms with Crippen LogP contribution in [0.15, 0.2) is 50.4 Å². The van der Waals surface area contributed by atoms with Gasteiger partial charge >= 0.3 is 0 Å². The molecule has 1 aromatic carbocycles. The van der Waals surface area contributed by atoms with Gasteiger partial charge in [0.25, 0.3) is 0 Å². The molecule has 1 saturated heterocycles. The van der Waals surface area contributed by atoms with E-state index in [1.165, 1.54) is 11.8 Å². The molecule has 1 fully saturated rings. The first kappa shape index (κ1) is 17.9. The topological polar surface area (TPSA) is 57.8 Å². The second kappa shape index (κ2) is 8.45. The van der Waals surface area contributed by atoms with Gasteiger partial charge in [-0.3, -0.25) is 9.69 Å². The molecule has 3 rings (SSSR count). The predicted molar refractivity (Wildman–Crippen MR) is 101 cm³/mol. The Morgan fingerprint density at radius 3 is 2.64 bits per heavy atom. The van der Waals surface area contributed by atoms with Gasteiger partial charge in [0.2, 0.25) is 5.91 Å². The number of piperidine rings is 1. The van der Waals surface area contributed by atoms with Crippen molar-refractivity contribution >= 4 is 28.1 Å². The van der Waals surface area contributed by atoms with Crippen molar-refractivity contribution < 1.29 is 9.21 Å². The fourth-order valence-electron chi connectivity index (χ4n) is 2.97. The van der Waals surface area contributed by atoms with Crippen molar-refractivity contribution in [2.75, 3.05) is 13.1 Å². The maximum absolute atomic E-state index is 12.2. The van der Waals surface area contributed by atoms with Crippen LogP contribution in [-0.2, 0) is 11.3 Å². The summed E-state index contributed by atoms with van der Waals surface area (Å²) < 4.78 is 6.47. The molecule has 0 atom stereocenters. The molecule has 0 bridgehead atoms. The maximum atomic E-state index is 12.2. The molecule has 1 N–H and O–H groups in total. The molecule has 0 aliphatic carbocycles. The van der Waals surface area contributed by atoms with Crippen LogP contribution in [0.25, 0.3) is 0 Å². The van der Waals surface area contributed by atoms with Crippen LogP contribution in [0.5, 0.6) is 0 Å². The minimum Gasteiger partial charge on any atom is -0.460 e. The SMILES string of the molecule is Cc1ccc(C=NNC(=O)C2CCN(Cc3ccc(Br)cc3)CC2)o1. The Morgan fingerprint density at radius 1 is 1.28 bits per heavy atom. The average molecular weight is 404 g/mol. The first-order valence-corrected chi connectivity index (χ1v) is 9.25. The molecule has 5 nitrogen and oxygen atoms in total. The van der Waals surface area contributed by atoms with Gasteiger partial charge in [0.05, 0.1) is 6.21 Å². The third-order valence-corrected chi connectivity index (χ3v) is 4.93. The van der Waals surface area contributed by atoms with Crippen molar-refractivity contribution in [2.24, 2.45) is 11.0 Å². The van der Waals surface area contributed by atoms with Crippen LogP contribution in [0.4, 0.5) is 0 Å². The van der Waals surface area contributed by atoms with Gasteiger partial charge in [-0.15, -0.1) is 0 Å². The lowest BCUT2D eigenvalue weighted by atomic mass is 9.96. The number of halogens is 1. The number of carbonyl (C=O) groups is 1. The van der Waals surface area contributed by atoms with Crippen LogP contribution in [0.2, 0.25) is 0 Å². The van der Waals surface area contributed by atoms with Gasteiger partial charge in [-0.25, -0.2) is 5.43 Å². The number of aryl methyl sites for hydroxylation is 1. The largest absolute Gasteiger partial charge is 0.460 e. The van der Waals surface area contributed by atoms with Gasteiger partial charge in [0.15, 0.2) is 0 Å². The molecular formula is C19H22BrN3O2. The number of benzene rings is 1. The summed E-state index contributed by atoms with van der Waals surface area (Å²) in [6, 6.07) is 12.1. The molecule has 25 heavy (non-hydrogen) atoms.